The van der Waals surface area contributed by atoms with Gasteiger partial charge in [0.1, 0.15) is 0 Å². The second kappa shape index (κ2) is 5.05. The van der Waals surface area contributed by atoms with Crippen molar-refractivity contribution in [1.29, 1.82) is 0 Å². The second-order valence-corrected chi connectivity index (χ2v) is 5.35. The van der Waals surface area contributed by atoms with Gasteiger partial charge in [0.15, 0.2) is 0 Å². The van der Waals surface area contributed by atoms with E-state index >= 15 is 0 Å². The molecule has 1 atom stereocenters. The number of anilines is 2. The van der Waals surface area contributed by atoms with Crippen LogP contribution in [0.25, 0.3) is 10.9 Å². The van der Waals surface area contributed by atoms with Gasteiger partial charge in [0.25, 0.3) is 0 Å². The van der Waals surface area contributed by atoms with E-state index in [1.165, 1.54) is 19.4 Å². The number of hydrogen-bond acceptors (Lipinski definition) is 4. The number of para-hydroxylation sites is 1. The van der Waals surface area contributed by atoms with Crippen molar-refractivity contribution in [2.45, 2.75) is 18.9 Å². The Morgan fingerprint density at radius 1 is 1.37 bits per heavy atom. The zero-order valence-corrected chi connectivity index (χ0v) is 11.3. The largest absolute Gasteiger partial charge is 0.396 e. The Morgan fingerprint density at radius 2 is 2.21 bits per heavy atom. The van der Waals surface area contributed by atoms with Crippen molar-refractivity contribution in [3.05, 3.63) is 30.5 Å². The van der Waals surface area contributed by atoms with E-state index in [1.807, 2.05) is 18.2 Å². The van der Waals surface area contributed by atoms with E-state index in [0.717, 1.165) is 28.8 Å². The molecule has 1 saturated heterocycles. The number of fused-ring (bicyclic) bond motifs is 1. The lowest BCUT2D eigenvalue weighted by Crippen LogP contribution is -2.39. The van der Waals surface area contributed by atoms with Crippen molar-refractivity contribution in [3.63, 3.8) is 0 Å². The van der Waals surface area contributed by atoms with E-state index < -0.39 is 0 Å². The molecule has 1 fully saturated rings. The van der Waals surface area contributed by atoms with Gasteiger partial charge in [-0.1, -0.05) is 18.2 Å². The normalized spacial score (nSPS) is 20.6. The van der Waals surface area contributed by atoms with E-state index in [4.69, 9.17) is 5.73 Å². The fourth-order valence-corrected chi connectivity index (χ4v) is 2.81. The molecule has 3 N–H and O–H groups in total. The molecule has 0 saturated carbocycles. The summed E-state index contributed by atoms with van der Waals surface area (Å²) in [6.45, 7) is 2.25. The summed E-state index contributed by atoms with van der Waals surface area (Å²) in [7, 11) is 2.17. The summed E-state index contributed by atoms with van der Waals surface area (Å²) in [5.74, 6) is 0. The van der Waals surface area contributed by atoms with Gasteiger partial charge in [-0.2, -0.15) is 0 Å². The first-order valence-corrected chi connectivity index (χ1v) is 6.82. The Morgan fingerprint density at radius 3 is 3.05 bits per heavy atom. The van der Waals surface area contributed by atoms with Gasteiger partial charge < -0.3 is 16.0 Å². The highest BCUT2D eigenvalue weighted by atomic mass is 15.1. The fourth-order valence-electron chi connectivity index (χ4n) is 2.81. The molecule has 1 unspecified atom stereocenters. The van der Waals surface area contributed by atoms with Crippen LogP contribution in [0.3, 0.4) is 0 Å². The molecule has 1 aromatic heterocycles. The van der Waals surface area contributed by atoms with E-state index in [-0.39, 0.29) is 0 Å². The Bertz CT molecular complexity index is 581. The highest BCUT2D eigenvalue weighted by Gasteiger charge is 2.18. The van der Waals surface area contributed by atoms with Gasteiger partial charge >= 0.3 is 0 Å². The third kappa shape index (κ3) is 2.49. The van der Waals surface area contributed by atoms with Gasteiger partial charge in [0.05, 0.1) is 23.1 Å². The van der Waals surface area contributed by atoms with Crippen LogP contribution in [0, 0.1) is 0 Å². The molecule has 0 bridgehead atoms. The van der Waals surface area contributed by atoms with Crippen molar-refractivity contribution < 1.29 is 0 Å². The van der Waals surface area contributed by atoms with Gasteiger partial charge in [-0.25, -0.2) is 0 Å². The number of benzene rings is 1. The number of likely N-dealkylation sites (tertiary alicyclic amines) is 1. The fraction of sp³-hybridized carbons (Fsp3) is 0.400. The summed E-state index contributed by atoms with van der Waals surface area (Å²) < 4.78 is 0. The molecule has 0 aliphatic carbocycles. The average molecular weight is 256 g/mol. The van der Waals surface area contributed by atoms with Gasteiger partial charge in [-0.15, -0.1) is 0 Å². The minimum absolute atomic E-state index is 0.465. The molecule has 3 rings (SSSR count). The first kappa shape index (κ1) is 12.2. The molecule has 0 spiro atoms. The van der Waals surface area contributed by atoms with Crippen LogP contribution in [0.5, 0.6) is 0 Å². The van der Waals surface area contributed by atoms with Gasteiger partial charge in [0, 0.05) is 18.0 Å². The number of nitrogens with two attached hydrogens (primary N) is 1. The smallest absolute Gasteiger partial charge is 0.0743 e. The summed E-state index contributed by atoms with van der Waals surface area (Å²) in [5.41, 5.74) is 8.85. The van der Waals surface area contributed by atoms with Crippen molar-refractivity contribution in [3.8, 4) is 0 Å². The maximum Gasteiger partial charge on any atom is 0.0743 e. The Balaban J connectivity index is 1.93. The summed E-state index contributed by atoms with van der Waals surface area (Å²) in [5, 5.41) is 4.72. The average Bonchev–Trinajstić information content (AvgIpc) is 2.42. The molecule has 0 amide bonds. The molecule has 4 heteroatoms. The van der Waals surface area contributed by atoms with E-state index in [2.05, 4.69) is 28.3 Å². The quantitative estimate of drug-likeness (QED) is 0.866. The number of likely N-dealkylation sites (N-methyl/N-ethyl adjacent to an activating group) is 1. The van der Waals surface area contributed by atoms with Crippen LogP contribution in [0.4, 0.5) is 11.4 Å². The summed E-state index contributed by atoms with van der Waals surface area (Å²) >= 11 is 0. The summed E-state index contributed by atoms with van der Waals surface area (Å²) in [6.07, 6.45) is 4.18. The predicted molar refractivity (Wildman–Crippen MR) is 80.3 cm³/mol. The lowest BCUT2D eigenvalue weighted by atomic mass is 10.0. The topological polar surface area (TPSA) is 54.2 Å². The lowest BCUT2D eigenvalue weighted by molar-refractivity contribution is 0.261. The standard InChI is InChI=1S/C15H20N4/c1-19-8-4-5-11(10-19)18-15-12-6-2-3-7-14(12)17-9-13(15)16/h2-3,6-7,9,11H,4-5,8,10,16H2,1H3,(H,17,18). The number of pyridine rings is 1. The summed E-state index contributed by atoms with van der Waals surface area (Å²) in [4.78, 5) is 6.74. The molecule has 1 aliphatic rings. The SMILES string of the molecule is CN1CCCC(Nc2c(N)cnc3ccccc23)C1. The highest BCUT2D eigenvalue weighted by molar-refractivity contribution is 5.96. The maximum absolute atomic E-state index is 6.10. The minimum atomic E-state index is 0.465. The van der Waals surface area contributed by atoms with Crippen LogP contribution in [-0.2, 0) is 0 Å². The number of hydrogen-bond donors (Lipinski definition) is 2. The third-order valence-corrected chi connectivity index (χ3v) is 3.78. The molecule has 1 aromatic carbocycles. The molecule has 100 valence electrons. The van der Waals surface area contributed by atoms with Crippen molar-refractivity contribution in [2.24, 2.45) is 0 Å². The Kier molecular flexibility index (Phi) is 3.25. The number of nitrogens with one attached hydrogen (secondary N) is 1. The number of piperidine rings is 1. The van der Waals surface area contributed by atoms with Crippen molar-refractivity contribution in [2.75, 3.05) is 31.2 Å². The van der Waals surface area contributed by atoms with Crippen LogP contribution in [0.1, 0.15) is 12.8 Å². The van der Waals surface area contributed by atoms with Crippen LogP contribution in [-0.4, -0.2) is 36.1 Å². The van der Waals surface area contributed by atoms with Gasteiger partial charge in [0.2, 0.25) is 0 Å². The van der Waals surface area contributed by atoms with E-state index in [0.29, 0.717) is 6.04 Å². The second-order valence-electron chi connectivity index (χ2n) is 5.35. The van der Waals surface area contributed by atoms with E-state index in [9.17, 15) is 0 Å². The number of nitrogens with zero attached hydrogens (tertiary/aromatic N) is 2. The Labute approximate surface area is 113 Å². The Hall–Kier alpha value is -1.81. The summed E-state index contributed by atoms with van der Waals surface area (Å²) in [6, 6.07) is 8.60. The monoisotopic (exact) mass is 256 g/mol. The number of aromatic nitrogens is 1. The van der Waals surface area contributed by atoms with Crippen LogP contribution in [0.15, 0.2) is 30.5 Å². The molecule has 2 aromatic rings. The molecular weight excluding hydrogens is 236 g/mol. The molecular formula is C15H20N4. The van der Waals surface area contributed by atoms with Gasteiger partial charge in [-0.3, -0.25) is 4.98 Å². The first-order valence-electron chi connectivity index (χ1n) is 6.82. The lowest BCUT2D eigenvalue weighted by Gasteiger charge is -2.31. The molecule has 2 heterocycles. The third-order valence-electron chi connectivity index (χ3n) is 3.78. The molecule has 19 heavy (non-hydrogen) atoms. The number of nitrogen functional groups attached to an aromatic ring is 1. The molecule has 1 aliphatic heterocycles. The van der Waals surface area contributed by atoms with Crippen LogP contribution >= 0.6 is 0 Å². The van der Waals surface area contributed by atoms with Crippen molar-refractivity contribution in [1.82, 2.24) is 9.88 Å². The zero-order valence-electron chi connectivity index (χ0n) is 11.3. The predicted octanol–water partition coefficient (Wildman–Crippen LogP) is 2.32. The van der Waals surface area contributed by atoms with E-state index in [1.54, 1.807) is 6.20 Å². The highest BCUT2D eigenvalue weighted by Crippen LogP contribution is 2.29. The van der Waals surface area contributed by atoms with Crippen LogP contribution < -0.4 is 11.1 Å². The zero-order chi connectivity index (χ0) is 13.2. The van der Waals surface area contributed by atoms with Crippen LogP contribution in [0.2, 0.25) is 0 Å². The van der Waals surface area contributed by atoms with Crippen molar-refractivity contribution >= 4 is 22.3 Å². The first-order chi connectivity index (χ1) is 9.24. The molecule has 4 nitrogen and oxygen atoms in total. The number of rotatable bonds is 2. The van der Waals surface area contributed by atoms with Gasteiger partial charge in [-0.05, 0) is 32.5 Å². The molecule has 0 radical (unpaired) electrons. The minimum Gasteiger partial charge on any atom is -0.396 e. The maximum atomic E-state index is 6.10.